The average Bonchev–Trinajstić information content (AvgIpc) is 0.738. The number of nitrogens with one attached hydrogen (secondary N) is 1. The van der Waals surface area contributed by atoms with Gasteiger partial charge in [0.2, 0.25) is 6.29 Å². The zero-order valence-electron chi connectivity index (χ0n) is 55.7. The maximum atomic E-state index is 15.5. The van der Waals surface area contributed by atoms with Crippen LogP contribution in [0.1, 0.15) is 124 Å². The molecule has 1 aliphatic carbocycles. The van der Waals surface area contributed by atoms with E-state index in [9.17, 15) is 65.4 Å². The van der Waals surface area contributed by atoms with Gasteiger partial charge in [-0.1, -0.05) is 19.0 Å². The first-order chi connectivity index (χ1) is 44.7. The summed E-state index contributed by atoms with van der Waals surface area (Å²) in [4.78, 5) is 58.9. The molecule has 0 spiro atoms. The highest BCUT2D eigenvalue weighted by Gasteiger charge is 2.53. The van der Waals surface area contributed by atoms with E-state index in [1.165, 1.54) is 67.0 Å². The quantitative estimate of drug-likeness (QED) is 0.0367. The molecule has 2 aromatic rings. The fraction of sp³-hybridized carbons (Fsp3) is 0.766. The van der Waals surface area contributed by atoms with E-state index in [4.69, 9.17) is 71.2 Å². The largest absolute Gasteiger partial charge is 0.507 e. The smallest absolute Gasteiger partial charge is 0.308 e. The number of ketones is 1. The Bertz CT molecular complexity index is 2970. The van der Waals surface area contributed by atoms with Gasteiger partial charge in [-0.2, -0.15) is 0 Å². The first-order valence-electron chi connectivity index (χ1n) is 32.1. The van der Waals surface area contributed by atoms with E-state index >= 15 is 4.79 Å². The van der Waals surface area contributed by atoms with Crippen LogP contribution >= 0.6 is 0 Å². The molecule has 0 saturated carbocycles. The number of aromatic hydroxyl groups is 2. The molecule has 536 valence electrons. The molecular weight excluding hydrogens is 1260 g/mol. The number of hydrogen-bond donors (Lipinski definition) is 11. The van der Waals surface area contributed by atoms with Crippen molar-refractivity contribution in [2.45, 2.75) is 267 Å². The number of esters is 2. The standard InChI is InChI=1S/C64H96N2O29/c1-26(2)62(79)95-61-32(8)88-48(22-64(61,11)80)92-41-19-46(84-28(4)54(41)76)91-40-20-47(85-29(5)53(40)75)94-60-37(59(82-13)51(52(74)27(3)69)66-83-23-43(73)65-63(10,24-67)25-68)16-35-14-34-15-36(17-38(71)49(34)55(77)50(35)56(60)78)90-45-21-42(58(31(7)87-45)89-33(9)70)93-44-18-39(72)57(81-12)30(6)86-44/h14-15,17,26-32,37,39-42,44-48,52-54,57-61,67-69,71-72,74-77,80H,16,18-25H2,1-13H3,(H,65,73)/b66-51+/t27-,28-,29-,30-,31-,32+,37+,39-,40-,41-,42-,44-,45+,46+,47+,48+,52+,53-,54-,57+,58+,59+,60+,61+,64+/m1/s1. The number of carbonyl (C=O) groups is 4. The van der Waals surface area contributed by atoms with Gasteiger partial charge in [0.15, 0.2) is 49.8 Å². The van der Waals surface area contributed by atoms with E-state index in [2.05, 4.69) is 10.5 Å². The summed E-state index contributed by atoms with van der Waals surface area (Å²) < 4.78 is 85.4. The van der Waals surface area contributed by atoms with Crippen LogP contribution < -0.4 is 10.1 Å². The number of aliphatic hydroxyl groups is 8. The molecule has 5 aliphatic heterocycles. The first-order valence-corrected chi connectivity index (χ1v) is 32.1. The summed E-state index contributed by atoms with van der Waals surface area (Å²) in [6.45, 7) is 14.6. The van der Waals surface area contributed by atoms with Gasteiger partial charge in [-0.05, 0) is 84.9 Å². The Hall–Kier alpha value is -5.11. The molecule has 25 atom stereocenters. The van der Waals surface area contributed by atoms with Crippen molar-refractivity contribution in [1.82, 2.24) is 5.32 Å². The van der Waals surface area contributed by atoms with Crippen molar-refractivity contribution < 1.29 is 141 Å². The molecule has 31 nitrogen and oxygen atoms in total. The van der Waals surface area contributed by atoms with Crippen molar-refractivity contribution in [2.75, 3.05) is 34.0 Å². The highest BCUT2D eigenvalue weighted by atomic mass is 16.7. The Labute approximate surface area is 549 Å². The average molecular weight is 1360 g/mol. The molecular formula is C64H96N2O29. The predicted molar refractivity (Wildman–Crippen MR) is 326 cm³/mol. The van der Waals surface area contributed by atoms with Crippen LogP contribution in [0, 0.1) is 11.8 Å². The van der Waals surface area contributed by atoms with Crippen LogP contribution in [0.4, 0.5) is 0 Å². The Morgan fingerprint density at radius 1 is 0.747 bits per heavy atom. The summed E-state index contributed by atoms with van der Waals surface area (Å²) in [5, 5.41) is 118. The van der Waals surface area contributed by atoms with Crippen LogP contribution in [-0.2, 0) is 87.2 Å². The monoisotopic (exact) mass is 1360 g/mol. The molecule has 0 radical (unpaired) electrons. The molecule has 8 rings (SSSR count). The van der Waals surface area contributed by atoms with Gasteiger partial charge in [0, 0.05) is 65.2 Å². The minimum Gasteiger partial charge on any atom is -0.507 e. The zero-order valence-corrected chi connectivity index (χ0v) is 55.7. The summed E-state index contributed by atoms with van der Waals surface area (Å²) in [5.41, 5.74) is -3.67. The molecule has 0 unspecified atom stereocenters. The second-order valence-corrected chi connectivity index (χ2v) is 26.5. The Balaban J connectivity index is 1.08. The van der Waals surface area contributed by atoms with E-state index < -0.39 is 225 Å². The van der Waals surface area contributed by atoms with Gasteiger partial charge in [-0.3, -0.25) is 19.2 Å². The fourth-order valence-electron chi connectivity index (χ4n) is 13.1. The van der Waals surface area contributed by atoms with Crippen molar-refractivity contribution >= 4 is 40.1 Å². The molecule has 6 aliphatic rings. The third kappa shape index (κ3) is 17.7. The molecule has 5 saturated heterocycles. The summed E-state index contributed by atoms with van der Waals surface area (Å²) in [5.74, 6) is -5.89. The normalized spacial score (nSPS) is 36.6. The van der Waals surface area contributed by atoms with Crippen molar-refractivity contribution in [1.29, 1.82) is 0 Å². The van der Waals surface area contributed by atoms with Crippen molar-refractivity contribution in [3.63, 3.8) is 0 Å². The SMILES string of the molecule is CO[C@@H]1[C@H](O)C[C@@H](O[C@@H]2C[C@H](Oc3cc(O)c4c(O)c5c(cc4c3)C[C@@H]([C@H](OC)/C(=N/OCC(=O)NC(C)(CO)CO)[C@@H](O)[C@@H](C)O)[C@H](O[C@H]3C[C@@H](O[C@H]4C[C@@H](O[C@H]6C[C@](C)(O)[C@@H](OC(=O)C(C)C)[C@H](C)O6)[C@H](O)[C@@H](C)O4)[C@H](O)[C@@H](C)O3)C5=O)O[C@H](C)[C@@H]2OC(C)=O)O[C@@H]1C. The lowest BCUT2D eigenvalue weighted by molar-refractivity contribution is -0.334. The lowest BCUT2D eigenvalue weighted by Gasteiger charge is -2.47. The fourth-order valence-corrected chi connectivity index (χ4v) is 13.1. The van der Waals surface area contributed by atoms with Crippen LogP contribution in [-0.4, -0.2) is 267 Å². The van der Waals surface area contributed by atoms with Gasteiger partial charge < -0.3 is 128 Å². The molecule has 95 heavy (non-hydrogen) atoms. The number of benzene rings is 2. The lowest BCUT2D eigenvalue weighted by atomic mass is 9.74. The van der Waals surface area contributed by atoms with E-state index in [-0.39, 0.29) is 66.2 Å². The molecule has 0 bridgehead atoms. The zero-order chi connectivity index (χ0) is 69.9. The number of aliphatic hydroxyl groups excluding tert-OH is 7. The molecule has 0 aromatic heterocycles. The molecule has 31 heteroatoms. The maximum absolute atomic E-state index is 15.5. The summed E-state index contributed by atoms with van der Waals surface area (Å²) >= 11 is 0. The Morgan fingerprint density at radius 2 is 1.31 bits per heavy atom. The number of phenolic OH excluding ortho intramolecular Hbond substituents is 2. The van der Waals surface area contributed by atoms with Crippen molar-refractivity contribution in [2.24, 2.45) is 17.0 Å². The topological polar surface area (TPSA) is 433 Å². The van der Waals surface area contributed by atoms with E-state index in [0.717, 1.165) is 0 Å². The van der Waals surface area contributed by atoms with Gasteiger partial charge >= 0.3 is 11.9 Å². The second kappa shape index (κ2) is 31.8. The third-order valence-electron chi connectivity index (χ3n) is 18.2. The highest BCUT2D eigenvalue weighted by Crippen LogP contribution is 2.46. The minimum atomic E-state index is -1.91. The molecule has 2 aromatic carbocycles. The van der Waals surface area contributed by atoms with Crippen LogP contribution in [0.3, 0.4) is 0 Å². The second-order valence-electron chi connectivity index (χ2n) is 26.5. The number of phenols is 2. The Morgan fingerprint density at radius 3 is 1.87 bits per heavy atom. The summed E-state index contributed by atoms with van der Waals surface area (Å²) in [7, 11) is 2.66. The summed E-state index contributed by atoms with van der Waals surface area (Å²) in [6.07, 6.45) is -26.8. The number of ether oxygens (including phenoxy) is 14. The minimum absolute atomic E-state index is 0.0125. The molecule has 5 fully saturated rings. The van der Waals surface area contributed by atoms with Crippen molar-refractivity contribution in [3.8, 4) is 17.2 Å². The number of Topliss-reactive ketones (excluding diaryl/α,β-unsaturated/α-hetero) is 1. The number of rotatable bonds is 25. The van der Waals surface area contributed by atoms with E-state index in [0.29, 0.717) is 0 Å². The van der Waals surface area contributed by atoms with E-state index in [1.54, 1.807) is 41.5 Å². The summed E-state index contributed by atoms with van der Waals surface area (Å²) in [6, 6.07) is 4.16. The number of oxime groups is 1. The number of fused-ring (bicyclic) bond motifs is 2. The van der Waals surface area contributed by atoms with Crippen molar-refractivity contribution in [3.05, 3.63) is 29.3 Å². The number of nitrogens with zero attached hydrogens (tertiary/aromatic N) is 1. The van der Waals surface area contributed by atoms with Gasteiger partial charge in [0.25, 0.3) is 5.91 Å². The first kappa shape index (κ1) is 75.7. The van der Waals surface area contributed by atoms with Crippen LogP contribution in [0.2, 0.25) is 0 Å². The number of methoxy groups -OCH3 is 2. The Kier molecular flexibility index (Phi) is 25.3. The van der Waals surface area contributed by atoms with Crippen LogP contribution in [0.5, 0.6) is 17.2 Å². The van der Waals surface area contributed by atoms with Gasteiger partial charge in [0.1, 0.15) is 71.3 Å². The molecule has 5 heterocycles. The molecule has 1 amide bonds. The van der Waals surface area contributed by atoms with Gasteiger partial charge in [0.05, 0.1) is 90.6 Å². The van der Waals surface area contributed by atoms with E-state index in [1.807, 2.05) is 0 Å². The number of amides is 1. The van der Waals surface area contributed by atoms with Crippen LogP contribution in [0.15, 0.2) is 23.4 Å². The lowest BCUT2D eigenvalue weighted by Crippen LogP contribution is -2.59. The van der Waals surface area contributed by atoms with Gasteiger partial charge in [-0.25, -0.2) is 0 Å². The third-order valence-corrected chi connectivity index (χ3v) is 18.2. The van der Waals surface area contributed by atoms with Gasteiger partial charge in [-0.15, -0.1) is 0 Å². The number of hydrogen-bond acceptors (Lipinski definition) is 30. The molecule has 11 N–H and O–H groups in total. The van der Waals surface area contributed by atoms with Crippen LogP contribution in [0.25, 0.3) is 10.8 Å². The number of carbonyl (C=O) groups excluding carboxylic acids is 4. The maximum Gasteiger partial charge on any atom is 0.308 e. The highest BCUT2D eigenvalue weighted by molar-refractivity contribution is 6.11. The predicted octanol–water partition coefficient (Wildman–Crippen LogP) is 0.537.